The number of nitrogens with one attached hydrogen (secondary N) is 2. The molecule has 3 N–H and O–H groups in total. The Kier molecular flexibility index (Phi) is 5.50. The number of aliphatic carboxylic acids is 1. The molecule has 1 saturated carbocycles. The van der Waals surface area contributed by atoms with Gasteiger partial charge in [-0.15, -0.1) is 0 Å². The van der Waals surface area contributed by atoms with Crippen LogP contribution in [0.15, 0.2) is 30.5 Å². The van der Waals surface area contributed by atoms with E-state index in [2.05, 4.69) is 46.7 Å². The second kappa shape index (κ2) is 7.80. The summed E-state index contributed by atoms with van der Waals surface area (Å²) in [5.74, 6) is -0.751. The molecule has 0 spiro atoms. The van der Waals surface area contributed by atoms with Crippen molar-refractivity contribution >= 4 is 5.97 Å². The summed E-state index contributed by atoms with van der Waals surface area (Å²) in [6.07, 6.45) is 3.87. The molecule has 0 atom stereocenters. The third-order valence-electron chi connectivity index (χ3n) is 5.01. The van der Waals surface area contributed by atoms with E-state index in [1.54, 1.807) is 0 Å². The normalized spacial score (nSPS) is 19.8. The van der Waals surface area contributed by atoms with Gasteiger partial charge in [0.25, 0.3) is 0 Å². The van der Waals surface area contributed by atoms with Crippen molar-refractivity contribution in [3.05, 3.63) is 41.6 Å². The number of H-pyrrole nitrogens is 1. The zero-order valence-corrected chi connectivity index (χ0v) is 14.8. The van der Waals surface area contributed by atoms with Crippen LogP contribution in [0.2, 0.25) is 0 Å². The van der Waals surface area contributed by atoms with E-state index in [-0.39, 0.29) is 6.54 Å². The number of hydrogen-bond acceptors (Lipinski definition) is 4. The van der Waals surface area contributed by atoms with Gasteiger partial charge in [0.15, 0.2) is 0 Å². The summed E-state index contributed by atoms with van der Waals surface area (Å²) in [5.41, 5.74) is 4.60. The zero-order chi connectivity index (χ0) is 17.8. The minimum absolute atomic E-state index is 0.132. The van der Waals surface area contributed by atoms with E-state index in [1.807, 2.05) is 18.0 Å². The number of likely N-dealkylation sites (N-methyl/N-ethyl adjacent to an activating group) is 1. The molecule has 1 aromatic heterocycles. The number of hydrogen-bond donors (Lipinski definition) is 3. The highest BCUT2D eigenvalue weighted by atomic mass is 16.4. The van der Waals surface area contributed by atoms with Crippen molar-refractivity contribution in [2.24, 2.45) is 0 Å². The van der Waals surface area contributed by atoms with Crippen LogP contribution >= 0.6 is 0 Å². The second-order valence-electron chi connectivity index (χ2n) is 6.80. The van der Waals surface area contributed by atoms with Crippen molar-refractivity contribution in [3.8, 4) is 11.3 Å². The molecule has 0 radical (unpaired) electrons. The van der Waals surface area contributed by atoms with E-state index in [1.165, 1.54) is 5.56 Å². The first-order chi connectivity index (χ1) is 12.1. The Morgan fingerprint density at radius 1 is 1.36 bits per heavy atom. The number of aromatic amines is 1. The Labute approximate surface area is 148 Å². The van der Waals surface area contributed by atoms with Gasteiger partial charge in [0.1, 0.15) is 0 Å². The second-order valence-corrected chi connectivity index (χ2v) is 6.80. The number of aryl methyl sites for hydroxylation is 1. The summed E-state index contributed by atoms with van der Waals surface area (Å²) in [6, 6.07) is 9.23. The lowest BCUT2D eigenvalue weighted by Gasteiger charge is -2.42. The standard InChI is InChI=1S/C19H26N4O2/c1-3-23(12-18(24)25)17-8-16(9-17)20-10-15-11-21-22-19(15)14-6-4-13(2)5-7-14/h4-7,11,16-17,20H,3,8-10,12H2,1-2H3,(H,21,22)(H,24,25). The average molecular weight is 342 g/mol. The molecule has 134 valence electrons. The maximum Gasteiger partial charge on any atom is 0.317 e. The van der Waals surface area contributed by atoms with E-state index in [9.17, 15) is 4.79 Å². The molecule has 1 aromatic carbocycles. The number of aromatic nitrogens is 2. The van der Waals surface area contributed by atoms with E-state index < -0.39 is 5.97 Å². The molecule has 0 bridgehead atoms. The highest BCUT2D eigenvalue weighted by Gasteiger charge is 2.33. The molecule has 0 saturated heterocycles. The van der Waals surface area contributed by atoms with Crippen molar-refractivity contribution in [2.75, 3.05) is 13.1 Å². The van der Waals surface area contributed by atoms with Gasteiger partial charge in [0, 0.05) is 24.2 Å². The van der Waals surface area contributed by atoms with Gasteiger partial charge in [-0.25, -0.2) is 0 Å². The summed E-state index contributed by atoms with van der Waals surface area (Å²) in [4.78, 5) is 12.9. The molecule has 0 aliphatic heterocycles. The molecular weight excluding hydrogens is 316 g/mol. The fourth-order valence-corrected chi connectivity index (χ4v) is 3.40. The van der Waals surface area contributed by atoms with Crippen LogP contribution in [0.1, 0.15) is 30.9 Å². The molecular formula is C19H26N4O2. The smallest absolute Gasteiger partial charge is 0.317 e. The SMILES string of the molecule is CCN(CC(=O)O)C1CC(NCc2cn[nH]c2-c2ccc(C)cc2)C1. The maximum atomic E-state index is 10.9. The monoisotopic (exact) mass is 342 g/mol. The molecule has 1 fully saturated rings. The van der Waals surface area contributed by atoms with E-state index in [0.717, 1.165) is 42.8 Å². The van der Waals surface area contributed by atoms with Crippen molar-refractivity contribution in [3.63, 3.8) is 0 Å². The lowest BCUT2D eigenvalue weighted by Crippen LogP contribution is -2.53. The predicted molar refractivity (Wildman–Crippen MR) is 97.3 cm³/mol. The molecule has 1 aliphatic rings. The molecule has 0 amide bonds. The minimum Gasteiger partial charge on any atom is -0.480 e. The first-order valence-corrected chi connectivity index (χ1v) is 8.85. The Morgan fingerprint density at radius 2 is 2.08 bits per heavy atom. The highest BCUT2D eigenvalue weighted by molar-refractivity contribution is 5.69. The Hall–Kier alpha value is -2.18. The number of carboxylic acids is 1. The van der Waals surface area contributed by atoms with Crippen LogP contribution in [0.5, 0.6) is 0 Å². The molecule has 6 nitrogen and oxygen atoms in total. The first-order valence-electron chi connectivity index (χ1n) is 8.85. The third-order valence-corrected chi connectivity index (χ3v) is 5.01. The van der Waals surface area contributed by atoms with Crippen LogP contribution < -0.4 is 5.32 Å². The fourth-order valence-electron chi connectivity index (χ4n) is 3.40. The van der Waals surface area contributed by atoms with Crippen LogP contribution in [0.25, 0.3) is 11.3 Å². The molecule has 1 heterocycles. The van der Waals surface area contributed by atoms with Gasteiger partial charge in [-0.05, 0) is 31.9 Å². The minimum atomic E-state index is -0.751. The summed E-state index contributed by atoms with van der Waals surface area (Å²) in [5, 5.41) is 19.8. The lowest BCUT2D eigenvalue weighted by atomic mass is 9.85. The lowest BCUT2D eigenvalue weighted by molar-refractivity contribution is -0.139. The molecule has 25 heavy (non-hydrogen) atoms. The first kappa shape index (κ1) is 17.6. The number of carboxylic acid groups (broad SMARTS) is 1. The van der Waals surface area contributed by atoms with Gasteiger partial charge in [-0.2, -0.15) is 5.10 Å². The molecule has 1 aliphatic carbocycles. The van der Waals surface area contributed by atoms with Crippen LogP contribution in [0, 0.1) is 6.92 Å². The largest absolute Gasteiger partial charge is 0.480 e. The van der Waals surface area contributed by atoms with Gasteiger partial charge >= 0.3 is 5.97 Å². The van der Waals surface area contributed by atoms with E-state index in [0.29, 0.717) is 12.1 Å². The summed E-state index contributed by atoms with van der Waals surface area (Å²) in [6.45, 7) is 5.78. The van der Waals surface area contributed by atoms with Gasteiger partial charge in [0.2, 0.25) is 0 Å². The van der Waals surface area contributed by atoms with Crippen LogP contribution in [-0.2, 0) is 11.3 Å². The zero-order valence-electron chi connectivity index (χ0n) is 14.8. The maximum absolute atomic E-state index is 10.9. The van der Waals surface area contributed by atoms with Crippen molar-refractivity contribution in [1.82, 2.24) is 20.4 Å². The molecule has 0 unspecified atom stereocenters. The van der Waals surface area contributed by atoms with Gasteiger partial charge < -0.3 is 10.4 Å². The van der Waals surface area contributed by atoms with Crippen LogP contribution in [0.3, 0.4) is 0 Å². The third kappa shape index (κ3) is 4.27. The number of rotatable bonds is 8. The van der Waals surface area contributed by atoms with E-state index >= 15 is 0 Å². The number of carbonyl (C=O) groups is 1. The number of nitrogens with zero attached hydrogens (tertiary/aromatic N) is 2. The number of benzene rings is 1. The van der Waals surface area contributed by atoms with Gasteiger partial charge in [-0.3, -0.25) is 14.8 Å². The molecule has 2 aromatic rings. The van der Waals surface area contributed by atoms with Crippen LogP contribution in [-0.4, -0.2) is 51.3 Å². The highest BCUT2D eigenvalue weighted by Crippen LogP contribution is 2.27. The molecule has 3 rings (SSSR count). The van der Waals surface area contributed by atoms with Crippen LogP contribution in [0.4, 0.5) is 0 Å². The summed E-state index contributed by atoms with van der Waals surface area (Å²) >= 11 is 0. The molecule has 6 heteroatoms. The van der Waals surface area contributed by atoms with Crippen molar-refractivity contribution < 1.29 is 9.90 Å². The summed E-state index contributed by atoms with van der Waals surface area (Å²) < 4.78 is 0. The fraction of sp³-hybridized carbons (Fsp3) is 0.474. The summed E-state index contributed by atoms with van der Waals surface area (Å²) in [7, 11) is 0. The van der Waals surface area contributed by atoms with Gasteiger partial charge in [0.05, 0.1) is 18.4 Å². The van der Waals surface area contributed by atoms with Crippen molar-refractivity contribution in [2.45, 2.75) is 45.3 Å². The quantitative estimate of drug-likeness (QED) is 0.686. The van der Waals surface area contributed by atoms with Crippen molar-refractivity contribution in [1.29, 1.82) is 0 Å². The Morgan fingerprint density at radius 3 is 2.72 bits per heavy atom. The average Bonchev–Trinajstić information content (AvgIpc) is 3.01. The van der Waals surface area contributed by atoms with Gasteiger partial charge in [-0.1, -0.05) is 36.8 Å². The van der Waals surface area contributed by atoms with E-state index in [4.69, 9.17) is 5.11 Å². The Bertz CT molecular complexity index is 704. The topological polar surface area (TPSA) is 81.2 Å². The Balaban J connectivity index is 1.52. The predicted octanol–water partition coefficient (Wildman–Crippen LogP) is 2.41.